The van der Waals surface area contributed by atoms with E-state index < -0.39 is 0 Å². The third kappa shape index (κ3) is 7.99. The van der Waals surface area contributed by atoms with Gasteiger partial charge in [0.25, 0.3) is 0 Å². The molecule has 0 aromatic heterocycles. The summed E-state index contributed by atoms with van der Waals surface area (Å²) < 4.78 is 0. The van der Waals surface area contributed by atoms with Crippen LogP contribution in [0.1, 0.15) is 85.1 Å². The van der Waals surface area contributed by atoms with Crippen molar-refractivity contribution in [1.82, 2.24) is 10.2 Å². The second-order valence-electron chi connectivity index (χ2n) is 16.1. The molecule has 4 aliphatic carbocycles. The summed E-state index contributed by atoms with van der Waals surface area (Å²) in [5.74, 6) is 1.91. The highest BCUT2D eigenvalue weighted by Gasteiger charge is 2.33. The standard InChI is InChI=1S/C46H59N3/c1-33-27-41(43(47)28-34(33)2)40-19-20-44(42(31-40)46(5)22-11-8-12-23-46)48-32-49(6)26-14-24-45(4)25-21-39(29-35(45)3)38-18-13-17-37(30-38)36-15-9-7-10-16-36/h7-18,21-22,24,30-31,33-35,48H,19-20,23,25-29,32,47H2,1-6H3/b24-14+/t33?,34?,35?,45-,46?/m0/s1. The molecule has 0 fully saturated rings. The summed E-state index contributed by atoms with van der Waals surface area (Å²) in [5, 5.41) is 3.90. The van der Waals surface area contributed by atoms with E-state index in [0.29, 0.717) is 17.8 Å². The summed E-state index contributed by atoms with van der Waals surface area (Å²) in [4.78, 5) is 2.40. The number of nitrogens with two attached hydrogens (primary N) is 1. The van der Waals surface area contributed by atoms with Gasteiger partial charge in [0.1, 0.15) is 0 Å². The molecule has 0 bridgehead atoms. The van der Waals surface area contributed by atoms with Crippen LogP contribution in [0.5, 0.6) is 0 Å². The minimum absolute atomic E-state index is 0.00886. The highest BCUT2D eigenvalue weighted by Crippen LogP contribution is 2.46. The van der Waals surface area contributed by atoms with E-state index in [4.69, 9.17) is 5.73 Å². The molecule has 4 aliphatic rings. The predicted molar refractivity (Wildman–Crippen MR) is 210 cm³/mol. The van der Waals surface area contributed by atoms with Crippen LogP contribution in [0.15, 0.2) is 131 Å². The SMILES string of the molecule is CC1CC(N)=C(C2=CC(C3(C)C=CC=CC3)=C(NCN(C)C/C=C/[C@@]3(C)CC=C(c4cccc(-c5ccccc5)c4)CC3C)CC2)CC1C. The summed E-state index contributed by atoms with van der Waals surface area (Å²) >= 11 is 0. The van der Waals surface area contributed by atoms with Crippen LogP contribution in [-0.4, -0.2) is 25.2 Å². The zero-order chi connectivity index (χ0) is 34.6. The molecule has 3 heteroatoms. The van der Waals surface area contributed by atoms with E-state index in [1.165, 1.54) is 44.7 Å². The monoisotopic (exact) mass is 653 g/mol. The Kier molecular flexibility index (Phi) is 10.7. The molecule has 0 spiro atoms. The zero-order valence-electron chi connectivity index (χ0n) is 30.9. The number of nitrogens with zero attached hydrogens (tertiary/aromatic N) is 1. The molecule has 49 heavy (non-hydrogen) atoms. The van der Waals surface area contributed by atoms with E-state index in [9.17, 15) is 0 Å². The Bertz CT molecular complexity index is 1720. The topological polar surface area (TPSA) is 41.3 Å². The first-order valence-corrected chi connectivity index (χ1v) is 18.8. The molecular weight excluding hydrogens is 595 g/mol. The van der Waals surface area contributed by atoms with Crippen LogP contribution in [-0.2, 0) is 0 Å². The smallest absolute Gasteiger partial charge is 0.0675 e. The van der Waals surface area contributed by atoms with E-state index in [-0.39, 0.29) is 10.8 Å². The molecule has 3 N–H and O–H groups in total. The number of rotatable bonds is 10. The summed E-state index contributed by atoms with van der Waals surface area (Å²) in [6.45, 7) is 13.7. The van der Waals surface area contributed by atoms with Crippen molar-refractivity contribution in [3.8, 4) is 11.1 Å². The Morgan fingerprint density at radius 2 is 1.61 bits per heavy atom. The van der Waals surface area contributed by atoms with Crippen LogP contribution < -0.4 is 11.1 Å². The van der Waals surface area contributed by atoms with Gasteiger partial charge in [-0.3, -0.25) is 4.90 Å². The average Bonchev–Trinajstić information content (AvgIpc) is 3.11. The van der Waals surface area contributed by atoms with Gasteiger partial charge in [0, 0.05) is 23.4 Å². The molecule has 258 valence electrons. The normalized spacial score (nSPS) is 29.1. The molecule has 0 aliphatic heterocycles. The molecule has 0 saturated heterocycles. The lowest BCUT2D eigenvalue weighted by molar-refractivity contribution is 0.271. The van der Waals surface area contributed by atoms with Gasteiger partial charge in [0.05, 0.1) is 6.67 Å². The molecule has 2 aromatic carbocycles. The van der Waals surface area contributed by atoms with Gasteiger partial charge in [-0.15, -0.1) is 0 Å². The molecule has 0 radical (unpaired) electrons. The molecule has 0 saturated carbocycles. The molecule has 0 amide bonds. The summed E-state index contributed by atoms with van der Waals surface area (Å²) in [6.07, 6.45) is 26.4. The molecule has 3 nitrogen and oxygen atoms in total. The number of hydrogen-bond donors (Lipinski definition) is 2. The maximum absolute atomic E-state index is 6.70. The molecule has 6 rings (SSSR count). The molecule has 0 heterocycles. The fraction of sp³-hybridized carbons (Fsp3) is 0.435. The van der Waals surface area contributed by atoms with Crippen LogP contribution >= 0.6 is 0 Å². The maximum Gasteiger partial charge on any atom is 0.0675 e. The summed E-state index contributed by atoms with van der Waals surface area (Å²) in [5.41, 5.74) is 19.1. The summed E-state index contributed by atoms with van der Waals surface area (Å²) in [6, 6.07) is 19.8. The van der Waals surface area contributed by atoms with E-state index in [2.05, 4.69) is 155 Å². The Hall–Kier alpha value is -3.82. The third-order valence-corrected chi connectivity index (χ3v) is 12.2. The van der Waals surface area contributed by atoms with Crippen molar-refractivity contribution >= 4 is 5.57 Å². The number of nitrogens with one attached hydrogen (secondary N) is 1. The van der Waals surface area contributed by atoms with Crippen LogP contribution in [0.4, 0.5) is 0 Å². The van der Waals surface area contributed by atoms with Gasteiger partial charge < -0.3 is 11.1 Å². The van der Waals surface area contributed by atoms with Crippen LogP contribution in [0, 0.1) is 28.6 Å². The number of allylic oxidation sites excluding steroid dienone is 13. The van der Waals surface area contributed by atoms with Crippen molar-refractivity contribution in [2.45, 2.75) is 79.6 Å². The Morgan fingerprint density at radius 1 is 0.857 bits per heavy atom. The van der Waals surface area contributed by atoms with E-state index in [1.807, 2.05) is 0 Å². The summed E-state index contributed by atoms with van der Waals surface area (Å²) in [7, 11) is 2.23. The van der Waals surface area contributed by atoms with Crippen molar-refractivity contribution in [3.63, 3.8) is 0 Å². The Labute approximate surface area is 297 Å². The van der Waals surface area contributed by atoms with Crippen LogP contribution in [0.25, 0.3) is 16.7 Å². The minimum atomic E-state index is -0.00886. The lowest BCUT2D eigenvalue weighted by Gasteiger charge is -2.37. The quantitative estimate of drug-likeness (QED) is 0.198. The first-order chi connectivity index (χ1) is 23.5. The van der Waals surface area contributed by atoms with Crippen molar-refractivity contribution in [3.05, 3.63) is 137 Å². The fourth-order valence-electron chi connectivity index (χ4n) is 8.23. The van der Waals surface area contributed by atoms with Gasteiger partial charge >= 0.3 is 0 Å². The first kappa shape index (κ1) is 35.0. The third-order valence-electron chi connectivity index (χ3n) is 12.2. The van der Waals surface area contributed by atoms with Crippen molar-refractivity contribution in [1.29, 1.82) is 0 Å². The van der Waals surface area contributed by atoms with Gasteiger partial charge in [-0.05, 0) is 120 Å². The van der Waals surface area contributed by atoms with Gasteiger partial charge in [0.2, 0.25) is 0 Å². The average molecular weight is 654 g/mol. The number of hydrogen-bond acceptors (Lipinski definition) is 3. The molecule has 5 atom stereocenters. The molecule has 2 aromatic rings. The number of likely N-dealkylation sites (N-methyl/N-ethyl adjacent to an activating group) is 1. The van der Waals surface area contributed by atoms with Crippen molar-refractivity contribution in [2.24, 2.45) is 34.3 Å². The van der Waals surface area contributed by atoms with Gasteiger partial charge in [-0.25, -0.2) is 0 Å². The lowest BCUT2D eigenvalue weighted by Crippen LogP contribution is -2.34. The van der Waals surface area contributed by atoms with Crippen LogP contribution in [0.2, 0.25) is 0 Å². The van der Waals surface area contributed by atoms with Gasteiger partial charge in [0.15, 0.2) is 0 Å². The van der Waals surface area contributed by atoms with Crippen molar-refractivity contribution < 1.29 is 0 Å². The van der Waals surface area contributed by atoms with Gasteiger partial charge in [-0.2, -0.15) is 0 Å². The Morgan fingerprint density at radius 3 is 2.37 bits per heavy atom. The van der Waals surface area contributed by atoms with E-state index in [0.717, 1.165) is 63.9 Å². The second-order valence-corrected chi connectivity index (χ2v) is 16.1. The van der Waals surface area contributed by atoms with Crippen molar-refractivity contribution in [2.75, 3.05) is 20.3 Å². The highest BCUT2D eigenvalue weighted by atomic mass is 15.2. The maximum atomic E-state index is 6.70. The fourth-order valence-corrected chi connectivity index (χ4v) is 8.23. The highest BCUT2D eigenvalue weighted by molar-refractivity contribution is 5.73. The molecular formula is C46H59N3. The first-order valence-electron chi connectivity index (χ1n) is 18.8. The lowest BCUT2D eigenvalue weighted by atomic mass is 9.68. The Balaban J connectivity index is 1.11. The van der Waals surface area contributed by atoms with E-state index >= 15 is 0 Å². The van der Waals surface area contributed by atoms with Gasteiger partial charge in [-0.1, -0.05) is 132 Å². The van der Waals surface area contributed by atoms with E-state index in [1.54, 1.807) is 0 Å². The molecule has 4 unspecified atom stereocenters. The van der Waals surface area contributed by atoms with Crippen LogP contribution in [0.3, 0.4) is 0 Å². The predicted octanol–water partition coefficient (Wildman–Crippen LogP) is 11.0. The largest absolute Gasteiger partial charge is 0.402 e. The zero-order valence-corrected chi connectivity index (χ0v) is 30.9. The second kappa shape index (κ2) is 15.0. The minimum Gasteiger partial charge on any atom is -0.402 e. The number of benzene rings is 2.